The van der Waals surface area contributed by atoms with Crippen molar-refractivity contribution in [3.05, 3.63) is 47.2 Å². The molecule has 3 rings (SSSR count). The highest BCUT2D eigenvalue weighted by molar-refractivity contribution is 6.30. The van der Waals surface area contributed by atoms with Gasteiger partial charge in [0.05, 0.1) is 12.6 Å². The molecule has 28 heavy (non-hydrogen) atoms. The van der Waals surface area contributed by atoms with E-state index in [1.54, 1.807) is 30.3 Å². The van der Waals surface area contributed by atoms with Crippen LogP contribution < -0.4 is 10.2 Å². The lowest BCUT2D eigenvalue weighted by Gasteiger charge is -2.35. The van der Waals surface area contributed by atoms with Gasteiger partial charge in [0.2, 0.25) is 0 Å². The molecule has 1 aliphatic rings. The van der Waals surface area contributed by atoms with Crippen molar-refractivity contribution in [3.63, 3.8) is 0 Å². The van der Waals surface area contributed by atoms with E-state index in [2.05, 4.69) is 15.3 Å². The second kappa shape index (κ2) is 8.93. The minimum Gasteiger partial charge on any atom is -0.387 e. The molecule has 0 spiro atoms. The average Bonchev–Trinajstić information content (AvgIpc) is 2.66. The molecule has 2 aromatic rings. The molecule has 1 aromatic carbocycles. The molecule has 0 bridgehead atoms. The summed E-state index contributed by atoms with van der Waals surface area (Å²) in [6.45, 7) is 0.917. The van der Waals surface area contributed by atoms with Crippen LogP contribution in [0.15, 0.2) is 36.7 Å². The zero-order chi connectivity index (χ0) is 20.1. The second-order valence-corrected chi connectivity index (χ2v) is 7.02. The van der Waals surface area contributed by atoms with Gasteiger partial charge in [-0.1, -0.05) is 23.7 Å². The SMILES string of the molecule is OC(CNc1cc(N2CCN(CC(F)(F)F)CC2)ncn1)c1ccc(Cl)cc1. The average molecular weight is 416 g/mol. The van der Waals surface area contributed by atoms with E-state index in [0.29, 0.717) is 42.8 Å². The van der Waals surface area contributed by atoms with E-state index in [1.165, 1.54) is 11.2 Å². The highest BCUT2D eigenvalue weighted by Gasteiger charge is 2.32. The zero-order valence-corrected chi connectivity index (χ0v) is 15.8. The van der Waals surface area contributed by atoms with Crippen LogP contribution in [0, 0.1) is 0 Å². The lowest BCUT2D eigenvalue weighted by molar-refractivity contribution is -0.146. The van der Waals surface area contributed by atoms with Crippen LogP contribution in [-0.2, 0) is 0 Å². The number of nitrogens with one attached hydrogen (secondary N) is 1. The Labute approximate surface area is 166 Å². The number of alkyl halides is 3. The maximum absolute atomic E-state index is 12.5. The van der Waals surface area contributed by atoms with Gasteiger partial charge < -0.3 is 15.3 Å². The Morgan fingerprint density at radius 3 is 2.43 bits per heavy atom. The van der Waals surface area contributed by atoms with Gasteiger partial charge >= 0.3 is 6.18 Å². The Kier molecular flexibility index (Phi) is 6.58. The van der Waals surface area contributed by atoms with Crippen molar-refractivity contribution < 1.29 is 18.3 Å². The molecule has 1 saturated heterocycles. The normalized spacial score (nSPS) is 16.8. The first kappa shape index (κ1) is 20.6. The molecule has 1 aliphatic heterocycles. The number of anilines is 2. The number of piperazine rings is 1. The monoisotopic (exact) mass is 415 g/mol. The topological polar surface area (TPSA) is 64.5 Å². The van der Waals surface area contributed by atoms with Crippen molar-refractivity contribution in [2.45, 2.75) is 12.3 Å². The Balaban J connectivity index is 1.53. The van der Waals surface area contributed by atoms with E-state index in [0.717, 1.165) is 5.56 Å². The second-order valence-electron chi connectivity index (χ2n) is 6.59. The molecule has 1 atom stereocenters. The van der Waals surface area contributed by atoms with Crippen LogP contribution in [0.3, 0.4) is 0 Å². The smallest absolute Gasteiger partial charge is 0.387 e. The third kappa shape index (κ3) is 5.95. The molecule has 0 radical (unpaired) electrons. The third-order valence-electron chi connectivity index (χ3n) is 4.48. The molecule has 2 N–H and O–H groups in total. The summed E-state index contributed by atoms with van der Waals surface area (Å²) in [4.78, 5) is 11.7. The molecular formula is C18H21ClF3N5O. The minimum absolute atomic E-state index is 0.247. The van der Waals surface area contributed by atoms with Gasteiger partial charge in [-0.2, -0.15) is 13.2 Å². The molecule has 1 fully saturated rings. The summed E-state index contributed by atoms with van der Waals surface area (Å²) in [5.41, 5.74) is 0.729. The fourth-order valence-electron chi connectivity index (χ4n) is 3.01. The van der Waals surface area contributed by atoms with E-state index in [-0.39, 0.29) is 6.54 Å². The summed E-state index contributed by atoms with van der Waals surface area (Å²) >= 11 is 5.84. The Bertz CT molecular complexity index is 767. The van der Waals surface area contributed by atoms with Crippen LogP contribution >= 0.6 is 11.6 Å². The number of aliphatic hydroxyl groups excluding tert-OH is 1. The quantitative estimate of drug-likeness (QED) is 0.756. The van der Waals surface area contributed by atoms with Gasteiger partial charge in [0.15, 0.2) is 0 Å². The highest BCUT2D eigenvalue weighted by Crippen LogP contribution is 2.21. The number of rotatable bonds is 6. The van der Waals surface area contributed by atoms with Crippen LogP contribution in [-0.4, -0.2) is 65.4 Å². The molecule has 0 saturated carbocycles. The lowest BCUT2D eigenvalue weighted by Crippen LogP contribution is -2.49. The van der Waals surface area contributed by atoms with Crippen molar-refractivity contribution in [1.82, 2.24) is 14.9 Å². The van der Waals surface area contributed by atoms with Gasteiger partial charge in [-0.25, -0.2) is 9.97 Å². The summed E-state index contributed by atoms with van der Waals surface area (Å²) < 4.78 is 37.5. The van der Waals surface area contributed by atoms with E-state index < -0.39 is 18.8 Å². The fraction of sp³-hybridized carbons (Fsp3) is 0.444. The molecule has 2 heterocycles. The first-order chi connectivity index (χ1) is 13.3. The predicted octanol–water partition coefficient (Wildman–Crippen LogP) is 2.96. The van der Waals surface area contributed by atoms with Gasteiger partial charge in [-0.05, 0) is 17.7 Å². The molecular weight excluding hydrogens is 395 g/mol. The molecule has 1 unspecified atom stereocenters. The molecule has 152 valence electrons. The van der Waals surface area contributed by atoms with Crippen LogP contribution in [0.1, 0.15) is 11.7 Å². The number of hydrogen-bond acceptors (Lipinski definition) is 6. The first-order valence-corrected chi connectivity index (χ1v) is 9.21. The Morgan fingerprint density at radius 2 is 1.79 bits per heavy atom. The number of hydrogen-bond donors (Lipinski definition) is 2. The van der Waals surface area contributed by atoms with E-state index >= 15 is 0 Å². The Hall–Kier alpha value is -2.10. The summed E-state index contributed by atoms with van der Waals surface area (Å²) in [5, 5.41) is 13.9. The maximum atomic E-state index is 12.5. The van der Waals surface area contributed by atoms with Gasteiger partial charge in [0.25, 0.3) is 0 Å². The van der Waals surface area contributed by atoms with Crippen molar-refractivity contribution in [2.24, 2.45) is 0 Å². The lowest BCUT2D eigenvalue weighted by atomic mass is 10.1. The largest absolute Gasteiger partial charge is 0.401 e. The summed E-state index contributed by atoms with van der Waals surface area (Å²) in [6.07, 6.45) is -3.52. The first-order valence-electron chi connectivity index (χ1n) is 8.84. The van der Waals surface area contributed by atoms with Crippen LogP contribution in [0.5, 0.6) is 0 Å². The van der Waals surface area contributed by atoms with Gasteiger partial charge in [0, 0.05) is 43.8 Å². The standard InChI is InChI=1S/C18H21ClF3N5O/c19-14-3-1-13(2-4-14)15(28)10-23-16-9-17(25-12-24-16)27-7-5-26(6-8-27)11-18(20,21)22/h1-4,9,12,15,28H,5-8,10-11H2,(H,23,24,25). The molecule has 0 amide bonds. The van der Waals surface area contributed by atoms with Gasteiger partial charge in [-0.15, -0.1) is 0 Å². The number of halogens is 4. The van der Waals surface area contributed by atoms with Crippen molar-refractivity contribution >= 4 is 23.2 Å². The van der Waals surface area contributed by atoms with Gasteiger partial charge in [0.1, 0.15) is 18.0 Å². The highest BCUT2D eigenvalue weighted by atomic mass is 35.5. The summed E-state index contributed by atoms with van der Waals surface area (Å²) in [7, 11) is 0. The molecule has 6 nitrogen and oxygen atoms in total. The number of benzene rings is 1. The zero-order valence-electron chi connectivity index (χ0n) is 15.0. The van der Waals surface area contributed by atoms with E-state index in [9.17, 15) is 18.3 Å². The summed E-state index contributed by atoms with van der Waals surface area (Å²) in [6, 6.07) is 8.65. The number of aliphatic hydroxyl groups is 1. The van der Waals surface area contributed by atoms with E-state index in [1.807, 2.05) is 4.90 Å². The number of aromatic nitrogens is 2. The molecule has 1 aromatic heterocycles. The van der Waals surface area contributed by atoms with Crippen molar-refractivity contribution in [2.75, 3.05) is 49.5 Å². The number of nitrogens with zero attached hydrogens (tertiary/aromatic N) is 4. The maximum Gasteiger partial charge on any atom is 0.401 e. The van der Waals surface area contributed by atoms with Crippen LogP contribution in [0.25, 0.3) is 0 Å². The molecule has 10 heteroatoms. The van der Waals surface area contributed by atoms with E-state index in [4.69, 9.17) is 11.6 Å². The van der Waals surface area contributed by atoms with Crippen molar-refractivity contribution in [1.29, 1.82) is 0 Å². The fourth-order valence-corrected chi connectivity index (χ4v) is 3.14. The van der Waals surface area contributed by atoms with Crippen LogP contribution in [0.4, 0.5) is 24.8 Å². The predicted molar refractivity (Wildman–Crippen MR) is 102 cm³/mol. The molecule has 0 aliphatic carbocycles. The Morgan fingerprint density at radius 1 is 1.11 bits per heavy atom. The van der Waals surface area contributed by atoms with Gasteiger partial charge in [-0.3, -0.25) is 4.90 Å². The summed E-state index contributed by atoms with van der Waals surface area (Å²) in [5.74, 6) is 1.18. The third-order valence-corrected chi connectivity index (χ3v) is 4.74. The minimum atomic E-state index is -4.18. The van der Waals surface area contributed by atoms with Crippen molar-refractivity contribution in [3.8, 4) is 0 Å². The van der Waals surface area contributed by atoms with Crippen LogP contribution in [0.2, 0.25) is 5.02 Å².